The Labute approximate surface area is 78.6 Å². The summed E-state index contributed by atoms with van der Waals surface area (Å²) in [4.78, 5) is 6.43. The van der Waals surface area contributed by atoms with Crippen molar-refractivity contribution >= 4 is 0 Å². The molecule has 2 N–H and O–H groups in total. The van der Waals surface area contributed by atoms with E-state index in [-0.39, 0.29) is 6.04 Å². The van der Waals surface area contributed by atoms with Crippen LogP contribution >= 0.6 is 0 Å². The molecule has 0 bridgehead atoms. The van der Waals surface area contributed by atoms with Crippen molar-refractivity contribution in [1.29, 1.82) is 0 Å². The van der Waals surface area contributed by atoms with Gasteiger partial charge in [-0.1, -0.05) is 6.07 Å². The molecule has 0 spiro atoms. The van der Waals surface area contributed by atoms with Crippen molar-refractivity contribution < 1.29 is 0 Å². The summed E-state index contributed by atoms with van der Waals surface area (Å²) in [5.74, 6) is 0. The van der Waals surface area contributed by atoms with E-state index in [4.69, 9.17) is 5.73 Å². The highest BCUT2D eigenvalue weighted by Gasteiger charge is 2.17. The molecule has 2 rings (SSSR count). The van der Waals surface area contributed by atoms with Crippen LogP contribution in [0.2, 0.25) is 0 Å². The highest BCUT2D eigenvalue weighted by atomic mass is 15.2. The molecule has 1 aliphatic rings. The van der Waals surface area contributed by atoms with Crippen LogP contribution in [0.3, 0.4) is 0 Å². The van der Waals surface area contributed by atoms with E-state index in [0.29, 0.717) is 0 Å². The summed E-state index contributed by atoms with van der Waals surface area (Å²) >= 11 is 0. The number of rotatable bonds is 3. The smallest absolute Gasteiger partial charge is 0.0439 e. The van der Waals surface area contributed by atoms with E-state index >= 15 is 0 Å². The summed E-state index contributed by atoms with van der Waals surface area (Å²) in [6.07, 6.45) is 4.95. The third-order valence-electron chi connectivity index (χ3n) is 2.52. The SMILES string of the molecule is NC(CN1CCC1)c1cccnc1. The largest absolute Gasteiger partial charge is 0.323 e. The van der Waals surface area contributed by atoms with Gasteiger partial charge in [-0.2, -0.15) is 0 Å². The molecule has 3 heteroatoms. The zero-order valence-corrected chi connectivity index (χ0v) is 7.69. The first kappa shape index (κ1) is 8.66. The number of pyridine rings is 1. The molecule has 70 valence electrons. The van der Waals surface area contributed by atoms with E-state index in [2.05, 4.69) is 9.88 Å². The van der Waals surface area contributed by atoms with Crippen LogP contribution in [0.5, 0.6) is 0 Å². The van der Waals surface area contributed by atoms with Gasteiger partial charge in [0.15, 0.2) is 0 Å². The predicted octanol–water partition coefficient (Wildman–Crippen LogP) is 0.787. The van der Waals surface area contributed by atoms with Gasteiger partial charge < -0.3 is 10.6 Å². The van der Waals surface area contributed by atoms with Crippen molar-refractivity contribution in [2.24, 2.45) is 5.73 Å². The van der Waals surface area contributed by atoms with Crippen LogP contribution in [0.25, 0.3) is 0 Å². The fourth-order valence-electron chi connectivity index (χ4n) is 1.54. The summed E-state index contributed by atoms with van der Waals surface area (Å²) in [5.41, 5.74) is 7.16. The highest BCUT2D eigenvalue weighted by molar-refractivity contribution is 5.13. The second-order valence-electron chi connectivity index (χ2n) is 3.55. The number of hydrogen-bond donors (Lipinski definition) is 1. The molecule has 1 aromatic heterocycles. The summed E-state index contributed by atoms with van der Waals surface area (Å²) in [6.45, 7) is 3.37. The lowest BCUT2D eigenvalue weighted by Gasteiger charge is -2.32. The summed E-state index contributed by atoms with van der Waals surface area (Å²) < 4.78 is 0. The minimum absolute atomic E-state index is 0.119. The predicted molar refractivity (Wildman–Crippen MR) is 52.2 cm³/mol. The van der Waals surface area contributed by atoms with Gasteiger partial charge in [-0.25, -0.2) is 0 Å². The maximum absolute atomic E-state index is 6.02. The van der Waals surface area contributed by atoms with Crippen LogP contribution in [-0.2, 0) is 0 Å². The molecule has 13 heavy (non-hydrogen) atoms. The normalized spacial score (nSPS) is 19.5. The molecule has 1 aliphatic heterocycles. The summed E-state index contributed by atoms with van der Waals surface area (Å²) in [6, 6.07) is 4.09. The molecular weight excluding hydrogens is 162 g/mol. The molecule has 0 amide bonds. The molecule has 0 aromatic carbocycles. The first-order valence-corrected chi connectivity index (χ1v) is 4.74. The van der Waals surface area contributed by atoms with Gasteiger partial charge in [0.05, 0.1) is 0 Å². The first-order chi connectivity index (χ1) is 6.36. The Kier molecular flexibility index (Phi) is 2.57. The van der Waals surface area contributed by atoms with E-state index in [1.807, 2.05) is 18.3 Å². The van der Waals surface area contributed by atoms with Gasteiger partial charge in [0, 0.05) is 25.0 Å². The Hall–Kier alpha value is -0.930. The molecule has 3 nitrogen and oxygen atoms in total. The van der Waals surface area contributed by atoms with Crippen molar-refractivity contribution in [3.05, 3.63) is 30.1 Å². The van der Waals surface area contributed by atoms with E-state index in [1.165, 1.54) is 19.5 Å². The Morgan fingerprint density at radius 2 is 2.38 bits per heavy atom. The maximum atomic E-state index is 6.02. The Morgan fingerprint density at radius 3 is 2.92 bits per heavy atom. The molecule has 0 radical (unpaired) electrons. The van der Waals surface area contributed by atoms with E-state index < -0.39 is 0 Å². The van der Waals surface area contributed by atoms with Gasteiger partial charge in [-0.3, -0.25) is 4.98 Å². The fourth-order valence-corrected chi connectivity index (χ4v) is 1.54. The second-order valence-corrected chi connectivity index (χ2v) is 3.55. The minimum Gasteiger partial charge on any atom is -0.323 e. The van der Waals surface area contributed by atoms with Gasteiger partial charge >= 0.3 is 0 Å². The average Bonchev–Trinajstić information content (AvgIpc) is 2.12. The number of nitrogens with zero attached hydrogens (tertiary/aromatic N) is 2. The zero-order valence-electron chi connectivity index (χ0n) is 7.69. The summed E-state index contributed by atoms with van der Waals surface area (Å²) in [7, 11) is 0. The van der Waals surface area contributed by atoms with E-state index in [1.54, 1.807) is 6.20 Å². The van der Waals surface area contributed by atoms with Crippen molar-refractivity contribution in [2.75, 3.05) is 19.6 Å². The van der Waals surface area contributed by atoms with Crippen LogP contribution in [0.1, 0.15) is 18.0 Å². The molecule has 0 saturated carbocycles. The summed E-state index contributed by atoms with van der Waals surface area (Å²) in [5, 5.41) is 0. The van der Waals surface area contributed by atoms with Gasteiger partial charge in [0.25, 0.3) is 0 Å². The average molecular weight is 177 g/mol. The quantitative estimate of drug-likeness (QED) is 0.742. The van der Waals surface area contributed by atoms with Crippen LogP contribution in [-0.4, -0.2) is 29.5 Å². The van der Waals surface area contributed by atoms with Crippen molar-refractivity contribution in [3.63, 3.8) is 0 Å². The molecule has 1 unspecified atom stereocenters. The Balaban J connectivity index is 1.92. The zero-order chi connectivity index (χ0) is 9.10. The maximum Gasteiger partial charge on any atom is 0.0439 e. The molecular formula is C10H15N3. The third kappa shape index (κ3) is 2.05. The van der Waals surface area contributed by atoms with Crippen molar-refractivity contribution in [1.82, 2.24) is 9.88 Å². The highest BCUT2D eigenvalue weighted by Crippen LogP contribution is 2.13. The van der Waals surface area contributed by atoms with Gasteiger partial charge in [-0.15, -0.1) is 0 Å². The lowest BCUT2D eigenvalue weighted by Crippen LogP contribution is -2.41. The van der Waals surface area contributed by atoms with Gasteiger partial charge in [-0.05, 0) is 31.1 Å². The Morgan fingerprint density at radius 1 is 1.54 bits per heavy atom. The van der Waals surface area contributed by atoms with Crippen LogP contribution in [0, 0.1) is 0 Å². The van der Waals surface area contributed by atoms with E-state index in [9.17, 15) is 0 Å². The molecule has 1 aromatic rings. The topological polar surface area (TPSA) is 42.1 Å². The molecule has 2 heterocycles. The van der Waals surface area contributed by atoms with E-state index in [0.717, 1.165) is 12.1 Å². The third-order valence-corrected chi connectivity index (χ3v) is 2.52. The monoisotopic (exact) mass is 177 g/mol. The minimum atomic E-state index is 0.119. The van der Waals surface area contributed by atoms with Crippen molar-refractivity contribution in [2.45, 2.75) is 12.5 Å². The Bertz CT molecular complexity index is 256. The number of aromatic nitrogens is 1. The lowest BCUT2D eigenvalue weighted by atomic mass is 10.1. The molecule has 0 aliphatic carbocycles. The standard InChI is InChI=1S/C10H15N3/c11-10(8-13-5-2-6-13)9-3-1-4-12-7-9/h1,3-4,7,10H,2,5-6,8,11H2. The first-order valence-electron chi connectivity index (χ1n) is 4.74. The fraction of sp³-hybridized carbons (Fsp3) is 0.500. The molecule has 1 fully saturated rings. The van der Waals surface area contributed by atoms with Crippen molar-refractivity contribution in [3.8, 4) is 0 Å². The van der Waals surface area contributed by atoms with Crippen LogP contribution in [0.15, 0.2) is 24.5 Å². The van der Waals surface area contributed by atoms with Crippen LogP contribution in [0.4, 0.5) is 0 Å². The van der Waals surface area contributed by atoms with Crippen LogP contribution < -0.4 is 5.73 Å². The second kappa shape index (κ2) is 3.85. The molecule has 1 saturated heterocycles. The van der Waals surface area contributed by atoms with Gasteiger partial charge in [0.2, 0.25) is 0 Å². The lowest BCUT2D eigenvalue weighted by molar-refractivity contribution is 0.170. The number of hydrogen-bond acceptors (Lipinski definition) is 3. The van der Waals surface area contributed by atoms with Gasteiger partial charge in [0.1, 0.15) is 0 Å². The number of likely N-dealkylation sites (tertiary alicyclic amines) is 1. The number of nitrogens with two attached hydrogens (primary N) is 1. The molecule has 1 atom stereocenters.